The molecule has 2 fully saturated rings. The lowest BCUT2D eigenvalue weighted by Crippen LogP contribution is -2.41. The summed E-state index contributed by atoms with van der Waals surface area (Å²) < 4.78 is 0. The summed E-state index contributed by atoms with van der Waals surface area (Å²) in [6, 6.07) is 8.86. The third-order valence-electron chi connectivity index (χ3n) is 5.00. The second-order valence-electron chi connectivity index (χ2n) is 6.31. The van der Waals surface area contributed by atoms with E-state index in [1.165, 1.54) is 57.4 Å². The van der Waals surface area contributed by atoms with Crippen molar-refractivity contribution >= 4 is 0 Å². The average molecular weight is 274 g/mol. The van der Waals surface area contributed by atoms with Gasteiger partial charge in [0.1, 0.15) is 5.75 Å². The Labute approximate surface area is 122 Å². The van der Waals surface area contributed by atoms with E-state index in [1.807, 2.05) is 12.1 Å². The molecule has 1 aromatic rings. The Balaban J connectivity index is 1.61. The molecular formula is C17H26N2O. The third kappa shape index (κ3) is 2.99. The van der Waals surface area contributed by atoms with Crippen LogP contribution in [0.1, 0.15) is 44.2 Å². The van der Waals surface area contributed by atoms with Gasteiger partial charge in [-0.3, -0.25) is 9.80 Å². The zero-order valence-corrected chi connectivity index (χ0v) is 12.5. The summed E-state index contributed by atoms with van der Waals surface area (Å²) in [7, 11) is 0. The van der Waals surface area contributed by atoms with E-state index < -0.39 is 0 Å². The normalized spacial score (nSPS) is 26.8. The van der Waals surface area contributed by atoms with Crippen LogP contribution in [0.15, 0.2) is 24.3 Å². The van der Waals surface area contributed by atoms with Crippen molar-refractivity contribution in [3.05, 3.63) is 29.8 Å². The topological polar surface area (TPSA) is 26.7 Å². The van der Waals surface area contributed by atoms with Crippen LogP contribution in [-0.2, 0) is 0 Å². The van der Waals surface area contributed by atoms with Gasteiger partial charge in [0.2, 0.25) is 0 Å². The summed E-state index contributed by atoms with van der Waals surface area (Å²) >= 11 is 0. The average Bonchev–Trinajstić information content (AvgIpc) is 2.97. The number of hydrogen-bond acceptors (Lipinski definition) is 3. The molecule has 0 aromatic heterocycles. The summed E-state index contributed by atoms with van der Waals surface area (Å²) in [5, 5.41) is 9.63. The molecule has 0 saturated carbocycles. The number of phenolic OH excluding ortho intramolecular Hbond substituents is 1. The van der Waals surface area contributed by atoms with Crippen LogP contribution in [0.2, 0.25) is 0 Å². The third-order valence-corrected chi connectivity index (χ3v) is 5.00. The van der Waals surface area contributed by atoms with Gasteiger partial charge in [-0.2, -0.15) is 0 Å². The molecule has 2 aliphatic rings. The fraction of sp³-hybridized carbons (Fsp3) is 0.647. The van der Waals surface area contributed by atoms with Gasteiger partial charge in [0.15, 0.2) is 0 Å². The van der Waals surface area contributed by atoms with Gasteiger partial charge in [0, 0.05) is 25.2 Å². The van der Waals surface area contributed by atoms with Gasteiger partial charge >= 0.3 is 0 Å². The van der Waals surface area contributed by atoms with Crippen LogP contribution in [0.5, 0.6) is 5.75 Å². The monoisotopic (exact) mass is 274 g/mol. The maximum Gasteiger partial charge on any atom is 0.115 e. The lowest BCUT2D eigenvalue weighted by molar-refractivity contribution is 0.154. The number of aromatic hydroxyl groups is 1. The van der Waals surface area contributed by atoms with Gasteiger partial charge in [-0.1, -0.05) is 18.6 Å². The van der Waals surface area contributed by atoms with Crippen molar-refractivity contribution in [2.45, 2.75) is 44.7 Å². The second kappa shape index (κ2) is 6.15. The van der Waals surface area contributed by atoms with Crippen LogP contribution < -0.4 is 0 Å². The van der Waals surface area contributed by atoms with Gasteiger partial charge < -0.3 is 5.11 Å². The highest BCUT2D eigenvalue weighted by molar-refractivity contribution is 5.29. The molecular weight excluding hydrogens is 248 g/mol. The van der Waals surface area contributed by atoms with E-state index in [1.54, 1.807) is 6.07 Å². The van der Waals surface area contributed by atoms with Gasteiger partial charge in [0.25, 0.3) is 0 Å². The predicted octanol–water partition coefficient (Wildman–Crippen LogP) is 3.01. The zero-order chi connectivity index (χ0) is 13.9. The van der Waals surface area contributed by atoms with Crippen molar-refractivity contribution in [1.82, 2.24) is 9.80 Å². The van der Waals surface area contributed by atoms with Crippen molar-refractivity contribution < 1.29 is 5.11 Å². The Morgan fingerprint density at radius 3 is 2.70 bits per heavy atom. The first-order chi connectivity index (χ1) is 9.74. The summed E-state index contributed by atoms with van der Waals surface area (Å²) in [5.74, 6) is 0.376. The first-order valence-electron chi connectivity index (χ1n) is 8.01. The molecule has 20 heavy (non-hydrogen) atoms. The van der Waals surface area contributed by atoms with Crippen LogP contribution in [-0.4, -0.2) is 47.1 Å². The van der Waals surface area contributed by atoms with E-state index in [9.17, 15) is 5.11 Å². The number of nitrogens with zero attached hydrogens (tertiary/aromatic N) is 2. The van der Waals surface area contributed by atoms with E-state index in [0.29, 0.717) is 11.8 Å². The van der Waals surface area contributed by atoms with Crippen molar-refractivity contribution in [3.8, 4) is 5.75 Å². The van der Waals surface area contributed by atoms with Crippen molar-refractivity contribution in [3.63, 3.8) is 0 Å². The Bertz CT molecular complexity index is 442. The number of hydrogen-bond donors (Lipinski definition) is 1. The smallest absolute Gasteiger partial charge is 0.115 e. The minimum absolute atomic E-state index is 0.376. The minimum atomic E-state index is 0.376. The molecule has 0 radical (unpaired) electrons. The Morgan fingerprint density at radius 2 is 1.95 bits per heavy atom. The molecule has 3 rings (SSSR count). The molecule has 110 valence electrons. The Morgan fingerprint density at radius 1 is 1.15 bits per heavy atom. The van der Waals surface area contributed by atoms with Crippen LogP contribution in [0.4, 0.5) is 0 Å². The van der Waals surface area contributed by atoms with Crippen LogP contribution in [0.3, 0.4) is 0 Å². The molecule has 2 aliphatic heterocycles. The van der Waals surface area contributed by atoms with Gasteiger partial charge in [-0.25, -0.2) is 0 Å². The van der Waals surface area contributed by atoms with Crippen molar-refractivity contribution in [1.29, 1.82) is 0 Å². The van der Waals surface area contributed by atoms with Gasteiger partial charge in [-0.05, 0) is 57.0 Å². The maximum atomic E-state index is 9.63. The number of phenols is 1. The largest absolute Gasteiger partial charge is 0.508 e. The van der Waals surface area contributed by atoms with Gasteiger partial charge in [0.05, 0.1) is 0 Å². The van der Waals surface area contributed by atoms with E-state index in [0.717, 1.165) is 6.04 Å². The number of benzene rings is 1. The summed E-state index contributed by atoms with van der Waals surface area (Å²) in [6.45, 7) is 7.19. The SMILES string of the molecule is CC(c1cccc(O)c1)N1CCC(N2CCCCC2)C1. The highest BCUT2D eigenvalue weighted by atomic mass is 16.3. The second-order valence-corrected chi connectivity index (χ2v) is 6.31. The molecule has 0 bridgehead atoms. The molecule has 1 N–H and O–H groups in total. The molecule has 0 amide bonds. The van der Waals surface area contributed by atoms with E-state index >= 15 is 0 Å². The Hall–Kier alpha value is -1.06. The van der Waals surface area contributed by atoms with E-state index in [-0.39, 0.29) is 0 Å². The molecule has 3 heteroatoms. The molecule has 2 saturated heterocycles. The molecule has 0 aliphatic carbocycles. The van der Waals surface area contributed by atoms with Crippen molar-refractivity contribution in [2.75, 3.05) is 26.2 Å². The van der Waals surface area contributed by atoms with E-state index in [4.69, 9.17) is 0 Å². The quantitative estimate of drug-likeness (QED) is 0.918. The van der Waals surface area contributed by atoms with Crippen molar-refractivity contribution in [2.24, 2.45) is 0 Å². The lowest BCUT2D eigenvalue weighted by Gasteiger charge is -2.33. The minimum Gasteiger partial charge on any atom is -0.508 e. The van der Waals surface area contributed by atoms with Crippen LogP contribution >= 0.6 is 0 Å². The molecule has 2 heterocycles. The van der Waals surface area contributed by atoms with Crippen LogP contribution in [0, 0.1) is 0 Å². The van der Waals surface area contributed by atoms with Gasteiger partial charge in [-0.15, -0.1) is 0 Å². The number of likely N-dealkylation sites (tertiary alicyclic amines) is 2. The molecule has 2 atom stereocenters. The number of piperidine rings is 1. The predicted molar refractivity (Wildman–Crippen MR) is 81.9 cm³/mol. The maximum absolute atomic E-state index is 9.63. The molecule has 2 unspecified atom stereocenters. The fourth-order valence-corrected chi connectivity index (χ4v) is 3.70. The number of rotatable bonds is 3. The zero-order valence-electron chi connectivity index (χ0n) is 12.5. The van der Waals surface area contributed by atoms with Crippen LogP contribution in [0.25, 0.3) is 0 Å². The molecule has 1 aromatic carbocycles. The first-order valence-corrected chi connectivity index (χ1v) is 8.01. The first kappa shape index (κ1) is 13.9. The lowest BCUT2D eigenvalue weighted by atomic mass is 10.1. The molecule has 3 nitrogen and oxygen atoms in total. The highest BCUT2D eigenvalue weighted by Gasteiger charge is 2.31. The highest BCUT2D eigenvalue weighted by Crippen LogP contribution is 2.29. The summed E-state index contributed by atoms with van der Waals surface area (Å²) in [6.07, 6.45) is 5.45. The summed E-state index contributed by atoms with van der Waals surface area (Å²) in [5.41, 5.74) is 1.23. The summed E-state index contributed by atoms with van der Waals surface area (Å²) in [4.78, 5) is 5.26. The Kier molecular flexibility index (Phi) is 4.27. The molecule has 0 spiro atoms. The fourth-order valence-electron chi connectivity index (χ4n) is 3.70. The van der Waals surface area contributed by atoms with E-state index in [2.05, 4.69) is 22.8 Å². The standard InChI is InChI=1S/C17H26N2O/c1-14(15-6-5-7-17(20)12-15)19-11-8-16(13-19)18-9-3-2-4-10-18/h5-7,12,14,16,20H,2-4,8-11,13H2,1H3.